The number of hydrogen-bond acceptors (Lipinski definition) is 6. The van der Waals surface area contributed by atoms with Crippen molar-refractivity contribution >= 4 is 29.3 Å². The largest absolute Gasteiger partial charge is 0.495 e. The lowest BCUT2D eigenvalue weighted by molar-refractivity contribution is -0.137. The van der Waals surface area contributed by atoms with E-state index < -0.39 is 5.25 Å². The Kier molecular flexibility index (Phi) is 6.44. The fourth-order valence-corrected chi connectivity index (χ4v) is 6.35. The Morgan fingerprint density at radius 1 is 1.12 bits per heavy atom. The van der Waals surface area contributed by atoms with E-state index >= 15 is 0 Å². The van der Waals surface area contributed by atoms with Gasteiger partial charge >= 0.3 is 0 Å². The van der Waals surface area contributed by atoms with E-state index in [0.29, 0.717) is 21.8 Å². The standard InChI is InChI=1S/C25H28ClN5O2S/c1-15-8-7-9-16(2)30(15)24(32)22-21(18-12-13-20(33-3)19(26)14-18)29-31-23(27-28-25(31)34-22)17-10-5-4-6-11-17/h4-6,10-16,21-22,29H,7-9H2,1-3H3. The minimum Gasteiger partial charge on any atom is -0.495 e. The first-order valence-corrected chi connectivity index (χ1v) is 12.8. The van der Waals surface area contributed by atoms with Crippen molar-refractivity contribution in [3.63, 3.8) is 0 Å². The molecule has 7 nitrogen and oxygen atoms in total. The number of methoxy groups -OCH3 is 1. The molecule has 1 aromatic heterocycles. The van der Waals surface area contributed by atoms with Gasteiger partial charge in [-0.25, -0.2) is 4.68 Å². The summed E-state index contributed by atoms with van der Waals surface area (Å²) in [5.41, 5.74) is 5.41. The van der Waals surface area contributed by atoms with E-state index in [1.165, 1.54) is 11.8 Å². The molecule has 0 spiro atoms. The molecule has 0 bridgehead atoms. The van der Waals surface area contributed by atoms with Crippen LogP contribution >= 0.6 is 23.4 Å². The second-order valence-corrected chi connectivity index (χ2v) is 10.4. The van der Waals surface area contributed by atoms with Gasteiger partial charge in [-0.05, 0) is 50.8 Å². The zero-order chi connectivity index (χ0) is 23.8. The van der Waals surface area contributed by atoms with Gasteiger partial charge in [0.1, 0.15) is 11.0 Å². The molecule has 1 N–H and O–H groups in total. The van der Waals surface area contributed by atoms with E-state index in [4.69, 9.17) is 16.3 Å². The molecule has 4 unspecified atom stereocenters. The topological polar surface area (TPSA) is 72.3 Å². The summed E-state index contributed by atoms with van der Waals surface area (Å²) in [5.74, 6) is 1.42. The fourth-order valence-electron chi connectivity index (χ4n) is 4.95. The van der Waals surface area contributed by atoms with Crippen LogP contribution in [0.1, 0.15) is 44.7 Å². The van der Waals surface area contributed by atoms with Crippen LogP contribution in [0.3, 0.4) is 0 Å². The first kappa shape index (κ1) is 23.1. The highest BCUT2D eigenvalue weighted by Gasteiger charge is 2.42. The number of piperidine rings is 1. The molecular formula is C25H28ClN5O2S. The molecule has 5 rings (SSSR count). The van der Waals surface area contributed by atoms with Gasteiger partial charge in [-0.3, -0.25) is 4.79 Å². The maximum atomic E-state index is 14.0. The predicted molar refractivity (Wildman–Crippen MR) is 135 cm³/mol. The Bertz CT molecular complexity index is 1180. The molecule has 2 aliphatic rings. The van der Waals surface area contributed by atoms with Crippen LogP contribution < -0.4 is 10.2 Å². The average Bonchev–Trinajstić information content (AvgIpc) is 3.26. The number of likely N-dealkylation sites (tertiary alicyclic amines) is 1. The Balaban J connectivity index is 1.56. The summed E-state index contributed by atoms with van der Waals surface area (Å²) in [6.45, 7) is 4.29. The van der Waals surface area contributed by atoms with Crippen LogP contribution in [0, 0.1) is 0 Å². The number of rotatable bonds is 4. The molecule has 2 aliphatic heterocycles. The lowest BCUT2D eigenvalue weighted by Crippen LogP contribution is -2.53. The number of fused-ring (bicyclic) bond motifs is 1. The number of benzene rings is 2. The second-order valence-electron chi connectivity index (χ2n) is 8.92. The Hall–Kier alpha value is -2.71. The molecule has 2 aromatic carbocycles. The lowest BCUT2D eigenvalue weighted by Gasteiger charge is -2.43. The molecule has 4 atom stereocenters. The maximum Gasteiger partial charge on any atom is 0.239 e. The molecule has 0 radical (unpaired) electrons. The van der Waals surface area contributed by atoms with Gasteiger partial charge in [0.25, 0.3) is 0 Å². The zero-order valence-electron chi connectivity index (χ0n) is 19.4. The molecule has 3 aromatic rings. The van der Waals surface area contributed by atoms with Gasteiger partial charge in [-0.1, -0.05) is 59.8 Å². The molecule has 0 aliphatic carbocycles. The third kappa shape index (κ3) is 4.14. The number of thioether (sulfide) groups is 1. The molecule has 1 fully saturated rings. The first-order chi connectivity index (χ1) is 16.5. The fraction of sp³-hybridized carbons (Fsp3) is 0.400. The summed E-state index contributed by atoms with van der Waals surface area (Å²) in [6, 6.07) is 15.7. The normalized spacial score (nSPS) is 24.3. The number of ether oxygens (including phenoxy) is 1. The minimum absolute atomic E-state index is 0.115. The monoisotopic (exact) mass is 497 g/mol. The molecule has 34 heavy (non-hydrogen) atoms. The van der Waals surface area contributed by atoms with E-state index in [9.17, 15) is 4.79 Å². The quantitative estimate of drug-likeness (QED) is 0.537. The van der Waals surface area contributed by atoms with Gasteiger partial charge in [0, 0.05) is 17.6 Å². The van der Waals surface area contributed by atoms with E-state index in [0.717, 1.165) is 30.4 Å². The van der Waals surface area contributed by atoms with Crippen LogP contribution in [0.2, 0.25) is 5.02 Å². The van der Waals surface area contributed by atoms with Crippen molar-refractivity contribution in [2.75, 3.05) is 12.5 Å². The van der Waals surface area contributed by atoms with Crippen molar-refractivity contribution in [1.82, 2.24) is 19.8 Å². The number of hydrogen-bond donors (Lipinski definition) is 1. The summed E-state index contributed by atoms with van der Waals surface area (Å²) < 4.78 is 7.23. The number of carbonyl (C=O) groups is 1. The van der Waals surface area contributed by atoms with E-state index in [-0.39, 0.29) is 24.0 Å². The summed E-state index contributed by atoms with van der Waals surface area (Å²) in [6.07, 6.45) is 3.19. The van der Waals surface area contributed by atoms with E-state index in [2.05, 4.69) is 34.4 Å². The molecule has 1 saturated heterocycles. The number of nitrogens with zero attached hydrogens (tertiary/aromatic N) is 4. The molecule has 1 amide bonds. The van der Waals surface area contributed by atoms with Crippen molar-refractivity contribution in [3.8, 4) is 17.1 Å². The molecule has 9 heteroatoms. The van der Waals surface area contributed by atoms with Crippen LogP contribution in [0.5, 0.6) is 5.75 Å². The number of aromatic nitrogens is 3. The van der Waals surface area contributed by atoms with Gasteiger partial charge in [-0.15, -0.1) is 10.2 Å². The average molecular weight is 498 g/mol. The highest BCUT2D eigenvalue weighted by Crippen LogP contribution is 2.42. The summed E-state index contributed by atoms with van der Waals surface area (Å²) in [7, 11) is 1.59. The molecule has 0 saturated carbocycles. The first-order valence-electron chi connectivity index (χ1n) is 11.6. The van der Waals surface area contributed by atoms with Crippen molar-refractivity contribution < 1.29 is 9.53 Å². The van der Waals surface area contributed by atoms with Gasteiger partial charge < -0.3 is 15.1 Å². The van der Waals surface area contributed by atoms with Crippen LogP contribution in [0.4, 0.5) is 0 Å². The SMILES string of the molecule is COc1ccc(C2Nn3c(nnc3-c3ccccc3)SC2C(=O)N2C(C)CCCC2C)cc1Cl. The van der Waals surface area contributed by atoms with Crippen LogP contribution in [0.25, 0.3) is 11.4 Å². The van der Waals surface area contributed by atoms with Gasteiger partial charge in [0.15, 0.2) is 5.82 Å². The summed E-state index contributed by atoms with van der Waals surface area (Å²) in [4.78, 5) is 16.1. The van der Waals surface area contributed by atoms with Crippen LogP contribution in [-0.4, -0.2) is 50.1 Å². The maximum absolute atomic E-state index is 14.0. The summed E-state index contributed by atoms with van der Waals surface area (Å²) in [5, 5.41) is 9.63. The molecule has 178 valence electrons. The van der Waals surface area contributed by atoms with Gasteiger partial charge in [0.2, 0.25) is 11.1 Å². The Morgan fingerprint density at radius 3 is 2.53 bits per heavy atom. The molecule has 3 heterocycles. The smallest absolute Gasteiger partial charge is 0.239 e. The Labute approximate surface area is 208 Å². The third-order valence-corrected chi connectivity index (χ3v) is 8.19. The van der Waals surface area contributed by atoms with Crippen molar-refractivity contribution in [3.05, 3.63) is 59.1 Å². The number of halogens is 1. The van der Waals surface area contributed by atoms with Gasteiger partial charge in [-0.2, -0.15) is 0 Å². The summed E-state index contributed by atoms with van der Waals surface area (Å²) >= 11 is 7.95. The van der Waals surface area contributed by atoms with Crippen molar-refractivity contribution in [2.24, 2.45) is 0 Å². The minimum atomic E-state index is -0.409. The number of amides is 1. The Morgan fingerprint density at radius 2 is 1.85 bits per heavy atom. The second kappa shape index (κ2) is 9.50. The molecular weight excluding hydrogens is 470 g/mol. The van der Waals surface area contributed by atoms with Gasteiger partial charge in [0.05, 0.1) is 18.2 Å². The van der Waals surface area contributed by atoms with Crippen molar-refractivity contribution in [1.29, 1.82) is 0 Å². The third-order valence-electron chi connectivity index (χ3n) is 6.70. The van der Waals surface area contributed by atoms with E-state index in [1.54, 1.807) is 7.11 Å². The van der Waals surface area contributed by atoms with Crippen LogP contribution in [-0.2, 0) is 4.79 Å². The van der Waals surface area contributed by atoms with Crippen molar-refractivity contribution in [2.45, 2.75) is 61.6 Å². The number of carbonyl (C=O) groups excluding carboxylic acids is 1. The van der Waals surface area contributed by atoms with Crippen LogP contribution in [0.15, 0.2) is 53.7 Å². The van der Waals surface area contributed by atoms with E-state index in [1.807, 2.05) is 53.2 Å². The predicted octanol–water partition coefficient (Wildman–Crippen LogP) is 5.16. The lowest BCUT2D eigenvalue weighted by atomic mass is 9.95. The highest BCUT2D eigenvalue weighted by molar-refractivity contribution is 8.00. The zero-order valence-corrected chi connectivity index (χ0v) is 21.0. The highest BCUT2D eigenvalue weighted by atomic mass is 35.5. The number of nitrogens with one attached hydrogen (secondary N) is 1.